The minimum absolute atomic E-state index is 0.283. The fourth-order valence-electron chi connectivity index (χ4n) is 1.78. The standard InChI is InChI=1S/C15H22ClNO/c1-5-17-13(4)14-8-11(2)6-7-15(14)18-10-12(3)9-16/h6-9,13,17H,5,10H2,1-4H3/b12-9+. The minimum atomic E-state index is 0.283. The van der Waals surface area contributed by atoms with Crippen LogP contribution in [0.4, 0.5) is 0 Å². The van der Waals surface area contributed by atoms with Crippen LogP contribution in [0, 0.1) is 6.92 Å². The highest BCUT2D eigenvalue weighted by Crippen LogP contribution is 2.26. The SMILES string of the molecule is CCNC(C)c1cc(C)ccc1OC/C(C)=C/Cl. The van der Waals surface area contributed by atoms with Gasteiger partial charge in [-0.3, -0.25) is 0 Å². The molecule has 18 heavy (non-hydrogen) atoms. The Morgan fingerprint density at radius 1 is 1.50 bits per heavy atom. The van der Waals surface area contributed by atoms with Gasteiger partial charge in [-0.15, -0.1) is 0 Å². The van der Waals surface area contributed by atoms with E-state index in [4.69, 9.17) is 16.3 Å². The van der Waals surface area contributed by atoms with Crippen LogP contribution < -0.4 is 10.1 Å². The Bertz CT molecular complexity index is 415. The largest absolute Gasteiger partial charge is 0.489 e. The smallest absolute Gasteiger partial charge is 0.124 e. The van der Waals surface area contributed by atoms with E-state index in [-0.39, 0.29) is 6.04 Å². The highest BCUT2D eigenvalue weighted by atomic mass is 35.5. The Labute approximate surface area is 115 Å². The maximum Gasteiger partial charge on any atom is 0.124 e. The first-order valence-corrected chi connectivity index (χ1v) is 6.74. The second kappa shape index (κ2) is 7.45. The molecule has 3 heteroatoms. The number of hydrogen-bond acceptors (Lipinski definition) is 2. The van der Waals surface area contributed by atoms with Gasteiger partial charge >= 0.3 is 0 Å². The number of benzene rings is 1. The molecule has 0 amide bonds. The molecule has 2 nitrogen and oxygen atoms in total. The molecule has 0 heterocycles. The maximum atomic E-state index is 5.82. The van der Waals surface area contributed by atoms with Crippen LogP contribution in [0.3, 0.4) is 0 Å². The topological polar surface area (TPSA) is 21.3 Å². The van der Waals surface area contributed by atoms with E-state index < -0.39 is 0 Å². The lowest BCUT2D eigenvalue weighted by molar-refractivity contribution is 0.344. The lowest BCUT2D eigenvalue weighted by Gasteiger charge is -2.18. The summed E-state index contributed by atoms with van der Waals surface area (Å²) in [4.78, 5) is 0. The van der Waals surface area contributed by atoms with Crippen molar-refractivity contribution in [1.29, 1.82) is 0 Å². The second-order valence-electron chi connectivity index (χ2n) is 4.56. The summed E-state index contributed by atoms with van der Waals surface area (Å²) in [7, 11) is 0. The Morgan fingerprint density at radius 2 is 2.22 bits per heavy atom. The molecule has 1 unspecified atom stereocenters. The molecule has 0 saturated heterocycles. The second-order valence-corrected chi connectivity index (χ2v) is 4.78. The third-order valence-electron chi connectivity index (χ3n) is 2.78. The summed E-state index contributed by atoms with van der Waals surface area (Å²) >= 11 is 5.64. The van der Waals surface area contributed by atoms with Gasteiger partial charge in [0.2, 0.25) is 0 Å². The van der Waals surface area contributed by atoms with E-state index in [1.54, 1.807) is 5.54 Å². The summed E-state index contributed by atoms with van der Waals surface area (Å²) in [6.45, 7) is 9.76. The summed E-state index contributed by atoms with van der Waals surface area (Å²) in [5.41, 5.74) is 5.01. The lowest BCUT2D eigenvalue weighted by Crippen LogP contribution is -2.18. The average Bonchev–Trinajstić information content (AvgIpc) is 2.37. The Morgan fingerprint density at radius 3 is 2.83 bits per heavy atom. The van der Waals surface area contributed by atoms with Crippen molar-refractivity contribution in [3.8, 4) is 5.75 Å². The van der Waals surface area contributed by atoms with Crippen molar-refractivity contribution in [3.05, 3.63) is 40.4 Å². The molecule has 0 spiro atoms. The van der Waals surface area contributed by atoms with Crippen LogP contribution >= 0.6 is 11.6 Å². The van der Waals surface area contributed by atoms with E-state index in [2.05, 4.69) is 38.2 Å². The fourth-order valence-corrected chi connectivity index (χ4v) is 1.84. The zero-order valence-electron chi connectivity index (χ0n) is 11.6. The highest BCUT2D eigenvalue weighted by molar-refractivity contribution is 6.25. The highest BCUT2D eigenvalue weighted by Gasteiger charge is 2.11. The minimum Gasteiger partial charge on any atom is -0.489 e. The number of halogens is 1. The quantitative estimate of drug-likeness (QED) is 0.835. The van der Waals surface area contributed by atoms with Crippen molar-refractivity contribution in [3.63, 3.8) is 0 Å². The van der Waals surface area contributed by atoms with Gasteiger partial charge in [0.05, 0.1) is 0 Å². The van der Waals surface area contributed by atoms with Crippen molar-refractivity contribution in [2.24, 2.45) is 0 Å². The van der Waals surface area contributed by atoms with Crippen LogP contribution in [0.15, 0.2) is 29.3 Å². The van der Waals surface area contributed by atoms with Crippen molar-refractivity contribution >= 4 is 11.6 Å². The molecule has 1 aromatic rings. The summed E-state index contributed by atoms with van der Waals surface area (Å²) in [5, 5.41) is 3.41. The van der Waals surface area contributed by atoms with Gasteiger partial charge in [-0.05, 0) is 39.0 Å². The Hall–Kier alpha value is -0.990. The summed E-state index contributed by atoms with van der Waals surface area (Å²) in [6.07, 6.45) is 0. The van der Waals surface area contributed by atoms with Gasteiger partial charge < -0.3 is 10.1 Å². The Balaban J connectivity index is 2.89. The van der Waals surface area contributed by atoms with Crippen LogP contribution in [0.1, 0.15) is 37.9 Å². The van der Waals surface area contributed by atoms with Crippen molar-refractivity contribution in [1.82, 2.24) is 5.32 Å². The average molecular weight is 268 g/mol. The first kappa shape index (κ1) is 15.1. The number of aryl methyl sites for hydroxylation is 1. The number of rotatable bonds is 6. The molecular formula is C15H22ClNO. The van der Waals surface area contributed by atoms with Crippen molar-refractivity contribution in [2.45, 2.75) is 33.7 Å². The molecule has 0 aromatic heterocycles. The summed E-state index contributed by atoms with van der Waals surface area (Å²) in [6, 6.07) is 6.55. The van der Waals surface area contributed by atoms with Crippen LogP contribution in [0.5, 0.6) is 5.75 Å². The molecule has 0 aliphatic rings. The van der Waals surface area contributed by atoms with Crippen LogP contribution in [0.25, 0.3) is 0 Å². The molecule has 1 rings (SSSR count). The number of nitrogens with one attached hydrogen (secondary N) is 1. The third-order valence-corrected chi connectivity index (χ3v) is 3.16. The van der Waals surface area contributed by atoms with E-state index in [0.29, 0.717) is 6.61 Å². The molecule has 1 atom stereocenters. The van der Waals surface area contributed by atoms with Gasteiger partial charge in [-0.1, -0.05) is 36.2 Å². The molecule has 0 aliphatic carbocycles. The zero-order valence-corrected chi connectivity index (χ0v) is 12.3. The normalized spacial score (nSPS) is 13.5. The van der Waals surface area contributed by atoms with E-state index in [0.717, 1.165) is 17.9 Å². The maximum absolute atomic E-state index is 5.82. The monoisotopic (exact) mass is 267 g/mol. The Kier molecular flexibility index (Phi) is 6.23. The third kappa shape index (κ3) is 4.35. The summed E-state index contributed by atoms with van der Waals surface area (Å²) < 4.78 is 5.82. The van der Waals surface area contributed by atoms with Gasteiger partial charge in [0.25, 0.3) is 0 Å². The molecular weight excluding hydrogens is 246 g/mol. The van der Waals surface area contributed by atoms with Gasteiger partial charge in [0.15, 0.2) is 0 Å². The van der Waals surface area contributed by atoms with Crippen molar-refractivity contribution in [2.75, 3.05) is 13.2 Å². The predicted octanol–water partition coefficient (Wildman–Crippen LogP) is 4.19. The van der Waals surface area contributed by atoms with Crippen molar-refractivity contribution < 1.29 is 4.74 Å². The van der Waals surface area contributed by atoms with Gasteiger partial charge in [-0.25, -0.2) is 0 Å². The van der Waals surface area contributed by atoms with E-state index in [9.17, 15) is 0 Å². The molecule has 0 saturated carbocycles. The van der Waals surface area contributed by atoms with E-state index in [1.165, 1.54) is 11.1 Å². The van der Waals surface area contributed by atoms with E-state index in [1.807, 2.05) is 13.0 Å². The predicted molar refractivity (Wildman–Crippen MR) is 78.4 cm³/mol. The number of ether oxygens (including phenoxy) is 1. The first-order valence-electron chi connectivity index (χ1n) is 6.31. The molecule has 0 radical (unpaired) electrons. The van der Waals surface area contributed by atoms with Gasteiger partial charge in [0.1, 0.15) is 12.4 Å². The molecule has 1 N–H and O–H groups in total. The molecule has 0 fully saturated rings. The molecule has 1 aromatic carbocycles. The zero-order chi connectivity index (χ0) is 13.5. The van der Waals surface area contributed by atoms with Crippen LogP contribution in [-0.2, 0) is 0 Å². The molecule has 0 aliphatic heterocycles. The molecule has 0 bridgehead atoms. The first-order chi connectivity index (χ1) is 8.58. The lowest BCUT2D eigenvalue weighted by atomic mass is 10.0. The van der Waals surface area contributed by atoms with Gasteiger partial charge in [-0.2, -0.15) is 0 Å². The summed E-state index contributed by atoms with van der Waals surface area (Å²) in [5.74, 6) is 0.923. The number of hydrogen-bond donors (Lipinski definition) is 1. The van der Waals surface area contributed by atoms with Crippen LogP contribution in [0.2, 0.25) is 0 Å². The van der Waals surface area contributed by atoms with Crippen LogP contribution in [-0.4, -0.2) is 13.2 Å². The van der Waals surface area contributed by atoms with E-state index >= 15 is 0 Å². The molecule has 100 valence electrons. The fraction of sp³-hybridized carbons (Fsp3) is 0.467. The van der Waals surface area contributed by atoms with Gasteiger partial charge in [0, 0.05) is 17.1 Å².